The summed E-state index contributed by atoms with van der Waals surface area (Å²) in [5.41, 5.74) is 3.93. The predicted octanol–water partition coefficient (Wildman–Crippen LogP) is 3.39. The molecule has 1 amide bonds. The van der Waals surface area contributed by atoms with E-state index in [1.807, 2.05) is 38.1 Å². The van der Waals surface area contributed by atoms with E-state index >= 15 is 0 Å². The van der Waals surface area contributed by atoms with Gasteiger partial charge in [-0.25, -0.2) is 0 Å². The van der Waals surface area contributed by atoms with Gasteiger partial charge in [-0.15, -0.1) is 12.4 Å². The Morgan fingerprint density at radius 2 is 1.96 bits per heavy atom. The molecule has 2 N–H and O–H groups in total. The molecule has 1 fully saturated rings. The number of piperidine rings is 1. The average molecular weight is 348 g/mol. The number of carbonyl (C=O) groups is 1. The van der Waals surface area contributed by atoms with Crippen LogP contribution in [-0.4, -0.2) is 29.1 Å². The number of hydrogen-bond acceptors (Lipinski definition) is 2. The normalized spacial score (nSPS) is 20.3. The van der Waals surface area contributed by atoms with Gasteiger partial charge in [-0.05, 0) is 58.4 Å². The quantitative estimate of drug-likeness (QED) is 0.894. The summed E-state index contributed by atoms with van der Waals surface area (Å²) in [5.74, 6) is 0.0285. The van der Waals surface area contributed by atoms with Crippen LogP contribution < -0.4 is 10.6 Å². The van der Waals surface area contributed by atoms with Crippen molar-refractivity contribution in [3.05, 3.63) is 53.3 Å². The first-order valence-electron chi connectivity index (χ1n) is 8.36. The Kier molecular flexibility index (Phi) is 6.08. The van der Waals surface area contributed by atoms with E-state index in [1.54, 1.807) is 0 Å². The Hall–Kier alpha value is -1.78. The molecule has 2 unspecified atom stereocenters. The van der Waals surface area contributed by atoms with Crippen LogP contribution in [0.4, 0.5) is 0 Å². The van der Waals surface area contributed by atoms with Gasteiger partial charge in [0.2, 0.25) is 0 Å². The van der Waals surface area contributed by atoms with E-state index in [9.17, 15) is 4.79 Å². The van der Waals surface area contributed by atoms with Crippen molar-refractivity contribution < 1.29 is 4.79 Å². The summed E-state index contributed by atoms with van der Waals surface area (Å²) in [7, 11) is 0. The molecule has 5 heteroatoms. The summed E-state index contributed by atoms with van der Waals surface area (Å²) in [5, 5.41) is 6.63. The second-order valence-electron chi connectivity index (χ2n) is 6.42. The third kappa shape index (κ3) is 3.65. The maximum absolute atomic E-state index is 12.7. The molecule has 1 aromatic heterocycles. The molecule has 0 saturated carbocycles. The largest absolute Gasteiger partial charge is 0.348 e. The van der Waals surface area contributed by atoms with Crippen molar-refractivity contribution in [1.82, 2.24) is 15.2 Å². The molecular formula is C19H26ClN3O. The summed E-state index contributed by atoms with van der Waals surface area (Å²) >= 11 is 0. The molecular weight excluding hydrogens is 322 g/mol. The third-order valence-electron chi connectivity index (χ3n) is 4.77. The minimum atomic E-state index is 0. The van der Waals surface area contributed by atoms with E-state index in [2.05, 4.69) is 34.3 Å². The van der Waals surface area contributed by atoms with E-state index in [0.29, 0.717) is 6.04 Å². The number of nitrogens with one attached hydrogen (secondary N) is 2. The number of halogens is 1. The lowest BCUT2D eigenvalue weighted by atomic mass is 9.99. The maximum atomic E-state index is 12.7. The summed E-state index contributed by atoms with van der Waals surface area (Å²) in [6, 6.07) is 12.7. The highest BCUT2D eigenvalue weighted by molar-refractivity contribution is 5.96. The highest BCUT2D eigenvalue weighted by Crippen LogP contribution is 2.21. The summed E-state index contributed by atoms with van der Waals surface area (Å²) in [6.07, 6.45) is 2.15. The fourth-order valence-electron chi connectivity index (χ4n) is 3.45. The van der Waals surface area contributed by atoms with Gasteiger partial charge >= 0.3 is 0 Å². The Morgan fingerprint density at radius 1 is 1.25 bits per heavy atom. The molecule has 24 heavy (non-hydrogen) atoms. The maximum Gasteiger partial charge on any atom is 0.253 e. The predicted molar refractivity (Wildman–Crippen MR) is 100 cm³/mol. The number of aryl methyl sites for hydroxylation is 1. The third-order valence-corrected chi connectivity index (χ3v) is 4.77. The number of rotatable bonds is 3. The Bertz CT molecular complexity index is 696. The van der Waals surface area contributed by atoms with Crippen molar-refractivity contribution in [3.8, 4) is 5.69 Å². The Morgan fingerprint density at radius 3 is 2.62 bits per heavy atom. The summed E-state index contributed by atoms with van der Waals surface area (Å²) in [4.78, 5) is 12.7. The number of para-hydroxylation sites is 1. The summed E-state index contributed by atoms with van der Waals surface area (Å²) in [6.45, 7) is 7.23. The zero-order valence-corrected chi connectivity index (χ0v) is 15.3. The van der Waals surface area contributed by atoms with Gasteiger partial charge in [0.1, 0.15) is 0 Å². The number of amides is 1. The van der Waals surface area contributed by atoms with Crippen molar-refractivity contribution >= 4 is 18.3 Å². The van der Waals surface area contributed by atoms with E-state index in [0.717, 1.165) is 42.0 Å². The second kappa shape index (κ2) is 7.86. The molecule has 1 aliphatic rings. The standard InChI is InChI=1S/C19H25N3O.ClH/c1-13-12-17(15(3)22(13)16-8-5-4-6-9-16)19(23)21-18-10-7-11-20-14(18)2;/h4-6,8-9,12,14,18,20H,7,10-11H2,1-3H3,(H,21,23);1H. The average Bonchev–Trinajstić information content (AvgIpc) is 2.85. The molecule has 1 aliphatic heterocycles. The van der Waals surface area contributed by atoms with Crippen molar-refractivity contribution in [1.29, 1.82) is 0 Å². The van der Waals surface area contributed by atoms with Gasteiger partial charge in [0.25, 0.3) is 5.91 Å². The number of nitrogens with zero attached hydrogens (tertiary/aromatic N) is 1. The lowest BCUT2D eigenvalue weighted by molar-refractivity contribution is 0.0919. The van der Waals surface area contributed by atoms with E-state index < -0.39 is 0 Å². The molecule has 0 aliphatic carbocycles. The second-order valence-corrected chi connectivity index (χ2v) is 6.42. The van der Waals surface area contributed by atoms with Gasteiger partial charge in [0.15, 0.2) is 0 Å². The van der Waals surface area contributed by atoms with Crippen LogP contribution in [0.5, 0.6) is 0 Å². The molecule has 0 radical (unpaired) electrons. The van der Waals surface area contributed by atoms with Gasteiger partial charge in [-0.3, -0.25) is 4.79 Å². The summed E-state index contributed by atoms with van der Waals surface area (Å²) < 4.78 is 2.14. The first-order valence-corrected chi connectivity index (χ1v) is 8.36. The first-order chi connectivity index (χ1) is 11.1. The zero-order chi connectivity index (χ0) is 16.4. The number of carbonyl (C=O) groups excluding carboxylic acids is 1. The highest BCUT2D eigenvalue weighted by Gasteiger charge is 2.24. The monoisotopic (exact) mass is 347 g/mol. The lowest BCUT2D eigenvalue weighted by Crippen LogP contribution is -2.51. The fourth-order valence-corrected chi connectivity index (χ4v) is 3.45. The minimum Gasteiger partial charge on any atom is -0.348 e. The van der Waals surface area contributed by atoms with Crippen LogP contribution in [0.15, 0.2) is 36.4 Å². The zero-order valence-electron chi connectivity index (χ0n) is 14.5. The van der Waals surface area contributed by atoms with Gasteiger partial charge in [-0.2, -0.15) is 0 Å². The molecule has 3 rings (SSSR count). The van der Waals surface area contributed by atoms with Gasteiger partial charge in [-0.1, -0.05) is 18.2 Å². The van der Waals surface area contributed by atoms with Crippen molar-refractivity contribution in [3.63, 3.8) is 0 Å². The van der Waals surface area contributed by atoms with Crippen LogP contribution >= 0.6 is 12.4 Å². The molecule has 130 valence electrons. The molecule has 4 nitrogen and oxygen atoms in total. The van der Waals surface area contributed by atoms with E-state index in [1.165, 1.54) is 0 Å². The van der Waals surface area contributed by atoms with Gasteiger partial charge in [0.05, 0.1) is 5.56 Å². The van der Waals surface area contributed by atoms with E-state index in [4.69, 9.17) is 0 Å². The smallest absolute Gasteiger partial charge is 0.253 e. The Labute approximate surface area is 150 Å². The molecule has 0 bridgehead atoms. The van der Waals surface area contributed by atoms with Crippen LogP contribution in [0.3, 0.4) is 0 Å². The number of aromatic nitrogens is 1. The van der Waals surface area contributed by atoms with Crippen molar-refractivity contribution in [2.45, 2.75) is 45.7 Å². The molecule has 0 spiro atoms. The molecule has 2 heterocycles. The van der Waals surface area contributed by atoms with E-state index in [-0.39, 0.29) is 24.4 Å². The lowest BCUT2D eigenvalue weighted by Gasteiger charge is -2.30. The van der Waals surface area contributed by atoms with Crippen molar-refractivity contribution in [2.75, 3.05) is 6.54 Å². The topological polar surface area (TPSA) is 46.1 Å². The van der Waals surface area contributed by atoms with Crippen LogP contribution in [0.2, 0.25) is 0 Å². The van der Waals surface area contributed by atoms with Crippen LogP contribution in [0, 0.1) is 13.8 Å². The number of benzene rings is 1. The molecule has 2 atom stereocenters. The molecule has 1 aromatic carbocycles. The van der Waals surface area contributed by atoms with Crippen LogP contribution in [0.25, 0.3) is 5.69 Å². The molecule has 2 aromatic rings. The SMILES string of the molecule is Cc1cc(C(=O)NC2CCCNC2C)c(C)n1-c1ccccc1.Cl. The molecule has 1 saturated heterocycles. The van der Waals surface area contributed by atoms with Crippen molar-refractivity contribution in [2.24, 2.45) is 0 Å². The van der Waals surface area contributed by atoms with Gasteiger partial charge < -0.3 is 15.2 Å². The van der Waals surface area contributed by atoms with Crippen LogP contribution in [-0.2, 0) is 0 Å². The fraction of sp³-hybridized carbons (Fsp3) is 0.421. The minimum absolute atomic E-state index is 0. The van der Waals surface area contributed by atoms with Gasteiger partial charge in [0, 0.05) is 29.2 Å². The Balaban J connectivity index is 0.00000208. The first kappa shape index (κ1) is 18.6. The number of hydrogen-bond donors (Lipinski definition) is 2. The highest BCUT2D eigenvalue weighted by atomic mass is 35.5. The van der Waals surface area contributed by atoms with Crippen LogP contribution in [0.1, 0.15) is 41.5 Å².